The molecule has 2 heterocycles. The summed E-state index contributed by atoms with van der Waals surface area (Å²) in [4.78, 5) is 14.4. The van der Waals surface area contributed by atoms with E-state index in [0.717, 1.165) is 38.6 Å². The molecular weight excluding hydrogens is 574 g/mol. The van der Waals surface area contributed by atoms with Crippen LogP contribution in [0.2, 0.25) is 0 Å². The minimum absolute atomic E-state index is 0. The lowest BCUT2D eigenvalue weighted by molar-refractivity contribution is -0.401. The van der Waals surface area contributed by atoms with Crippen molar-refractivity contribution in [3.8, 4) is 12.3 Å². The zero-order valence-electron chi connectivity index (χ0n) is 27.6. The van der Waals surface area contributed by atoms with E-state index in [0.29, 0.717) is 13.0 Å². The van der Waals surface area contributed by atoms with Crippen molar-refractivity contribution in [2.45, 2.75) is 83.5 Å². The molecule has 0 aromatic heterocycles. The van der Waals surface area contributed by atoms with Gasteiger partial charge in [0.05, 0.1) is 12.0 Å². The molecule has 45 heavy (non-hydrogen) atoms. The van der Waals surface area contributed by atoms with Gasteiger partial charge in [0.1, 0.15) is 7.05 Å². The van der Waals surface area contributed by atoms with Gasteiger partial charge in [0.2, 0.25) is 11.6 Å². The molecule has 0 unspecified atom stereocenters. The largest absolute Gasteiger partial charge is 1.00 e. The molecular formula is C40H48ClN3O. The number of carbonyl (C=O) groups excluding carboxylic acids is 1. The first kappa shape index (κ1) is 34.1. The number of amides is 1. The zero-order chi connectivity index (χ0) is 31.3. The SMILES string of the molecule is C#CCNC(=O)CCCCCN1/C(=C/C=C2C=C(/C=C/C3=[N+](C)c4ccccc4C3(C)C)CCC2)C(C)(C)c2ccccc21.[Cl-]. The Balaban J connectivity index is 0.00000461. The summed E-state index contributed by atoms with van der Waals surface area (Å²) >= 11 is 0. The zero-order valence-corrected chi connectivity index (χ0v) is 28.4. The van der Waals surface area contributed by atoms with Crippen molar-refractivity contribution in [1.29, 1.82) is 0 Å². The third-order valence-electron chi connectivity index (χ3n) is 9.63. The molecule has 5 heteroatoms. The lowest BCUT2D eigenvalue weighted by Crippen LogP contribution is -3.00. The van der Waals surface area contributed by atoms with Gasteiger partial charge in [0, 0.05) is 47.5 Å². The molecule has 0 radical (unpaired) electrons. The first-order valence-corrected chi connectivity index (χ1v) is 16.2. The van der Waals surface area contributed by atoms with Crippen molar-refractivity contribution in [2.75, 3.05) is 25.0 Å². The Kier molecular flexibility index (Phi) is 11.0. The van der Waals surface area contributed by atoms with E-state index < -0.39 is 0 Å². The molecule has 4 nitrogen and oxygen atoms in total. The van der Waals surface area contributed by atoms with Crippen LogP contribution in [0.5, 0.6) is 0 Å². The number of nitrogens with one attached hydrogen (secondary N) is 1. The Morgan fingerprint density at radius 3 is 2.44 bits per heavy atom. The van der Waals surface area contributed by atoms with Crippen molar-refractivity contribution in [1.82, 2.24) is 5.32 Å². The first-order valence-electron chi connectivity index (χ1n) is 16.2. The van der Waals surface area contributed by atoms with Crippen LogP contribution in [-0.2, 0) is 15.6 Å². The maximum Gasteiger partial charge on any atom is 0.220 e. The Bertz CT molecular complexity index is 1610. The number of benzene rings is 2. The maximum absolute atomic E-state index is 11.9. The number of hydrogen-bond donors (Lipinski definition) is 1. The van der Waals surface area contributed by atoms with Gasteiger partial charge >= 0.3 is 0 Å². The summed E-state index contributed by atoms with van der Waals surface area (Å²) in [6.45, 7) is 10.6. The molecule has 5 rings (SSSR count). The Hall–Kier alpha value is -3.81. The average molecular weight is 622 g/mol. The van der Waals surface area contributed by atoms with Crippen LogP contribution >= 0.6 is 0 Å². The molecule has 0 bridgehead atoms. The van der Waals surface area contributed by atoms with Crippen molar-refractivity contribution in [3.05, 3.63) is 107 Å². The summed E-state index contributed by atoms with van der Waals surface area (Å²) in [6.07, 6.45) is 23.9. The van der Waals surface area contributed by atoms with Gasteiger partial charge in [0.15, 0.2) is 5.71 Å². The number of terminal acetylenes is 1. The van der Waals surface area contributed by atoms with Crippen molar-refractivity contribution < 1.29 is 21.8 Å². The monoisotopic (exact) mass is 621 g/mol. The lowest BCUT2D eigenvalue weighted by Gasteiger charge is -2.27. The summed E-state index contributed by atoms with van der Waals surface area (Å²) in [6, 6.07) is 17.6. The van der Waals surface area contributed by atoms with E-state index >= 15 is 0 Å². The number of halogens is 1. The van der Waals surface area contributed by atoms with Gasteiger partial charge in [-0.15, -0.1) is 6.42 Å². The van der Waals surface area contributed by atoms with Gasteiger partial charge in [0.25, 0.3) is 0 Å². The molecule has 0 atom stereocenters. The molecule has 1 amide bonds. The van der Waals surface area contributed by atoms with E-state index in [9.17, 15) is 4.79 Å². The van der Waals surface area contributed by atoms with E-state index in [1.165, 1.54) is 51.5 Å². The van der Waals surface area contributed by atoms with E-state index in [1.807, 2.05) is 0 Å². The number of para-hydroxylation sites is 2. The molecule has 0 spiro atoms. The first-order chi connectivity index (χ1) is 21.1. The maximum atomic E-state index is 11.9. The molecule has 1 aliphatic carbocycles. The molecule has 0 saturated heterocycles. The van der Waals surface area contributed by atoms with E-state index in [-0.39, 0.29) is 29.1 Å². The van der Waals surface area contributed by atoms with Gasteiger partial charge < -0.3 is 22.6 Å². The van der Waals surface area contributed by atoms with Crippen LogP contribution in [0.1, 0.15) is 83.8 Å². The fourth-order valence-electron chi connectivity index (χ4n) is 7.17. The van der Waals surface area contributed by atoms with Gasteiger partial charge in [-0.2, -0.15) is 4.58 Å². The van der Waals surface area contributed by atoms with Crippen molar-refractivity contribution in [2.24, 2.45) is 0 Å². The highest BCUT2D eigenvalue weighted by Crippen LogP contribution is 2.48. The molecule has 236 valence electrons. The van der Waals surface area contributed by atoms with Gasteiger partial charge in [-0.05, 0) is 74.8 Å². The second kappa shape index (κ2) is 14.5. The van der Waals surface area contributed by atoms with Crippen LogP contribution in [-0.4, -0.2) is 36.3 Å². The number of rotatable bonds is 10. The van der Waals surface area contributed by atoms with Crippen LogP contribution in [0.3, 0.4) is 0 Å². The van der Waals surface area contributed by atoms with Crippen LogP contribution in [0.4, 0.5) is 11.4 Å². The number of hydrogen-bond acceptors (Lipinski definition) is 2. The summed E-state index contributed by atoms with van der Waals surface area (Å²) in [7, 11) is 2.19. The second-order valence-electron chi connectivity index (χ2n) is 13.4. The normalized spacial score (nSPS) is 19.7. The predicted octanol–water partition coefficient (Wildman–Crippen LogP) is 5.28. The molecule has 1 N–H and O–H groups in total. The highest BCUT2D eigenvalue weighted by molar-refractivity contribution is 6.03. The van der Waals surface area contributed by atoms with Gasteiger partial charge in [-0.3, -0.25) is 4.79 Å². The second-order valence-corrected chi connectivity index (χ2v) is 13.4. The topological polar surface area (TPSA) is 35.4 Å². The van der Waals surface area contributed by atoms with Crippen LogP contribution in [0.15, 0.2) is 95.8 Å². The highest BCUT2D eigenvalue weighted by Gasteiger charge is 2.42. The summed E-state index contributed by atoms with van der Waals surface area (Å²) in [5.41, 5.74) is 10.8. The fraction of sp³-hybridized carbons (Fsp3) is 0.400. The molecule has 3 aliphatic rings. The Labute approximate surface area is 277 Å². The average Bonchev–Trinajstić information content (AvgIpc) is 3.35. The fourth-order valence-corrected chi connectivity index (χ4v) is 7.17. The Morgan fingerprint density at radius 1 is 0.956 bits per heavy atom. The van der Waals surface area contributed by atoms with Crippen molar-refractivity contribution in [3.63, 3.8) is 0 Å². The minimum atomic E-state index is -0.0752. The van der Waals surface area contributed by atoms with Gasteiger partial charge in [-0.25, -0.2) is 0 Å². The molecule has 0 fully saturated rings. The summed E-state index contributed by atoms with van der Waals surface area (Å²) in [5.74, 6) is 2.51. The van der Waals surface area contributed by atoms with Gasteiger partial charge in [-0.1, -0.05) is 80.8 Å². The molecule has 2 aromatic carbocycles. The third kappa shape index (κ3) is 7.21. The number of allylic oxidation sites excluding steroid dienone is 8. The number of anilines is 1. The van der Waals surface area contributed by atoms with E-state index in [2.05, 4.69) is 134 Å². The predicted molar refractivity (Wildman–Crippen MR) is 185 cm³/mol. The van der Waals surface area contributed by atoms with Crippen LogP contribution < -0.4 is 22.6 Å². The standard InChI is InChI=1S/C40H47N3O.ClH/c1-7-27-41-38(44)22-9-8-14-28-43-35-21-13-11-19-33(35)40(4,5)37(43)26-24-31-17-15-16-30(29-31)23-25-36-39(2,3)32-18-10-12-20-34(32)42(36)6;/h1,10-13,18-21,23-26,29H,8-9,14-17,22,27-28H2,2-6H3;1H. The van der Waals surface area contributed by atoms with E-state index in [4.69, 9.17) is 6.42 Å². The number of unbranched alkanes of at least 4 members (excludes halogenated alkanes) is 2. The van der Waals surface area contributed by atoms with Crippen LogP contribution in [0, 0.1) is 12.3 Å². The lowest BCUT2D eigenvalue weighted by atomic mass is 9.81. The van der Waals surface area contributed by atoms with E-state index in [1.54, 1.807) is 0 Å². The smallest absolute Gasteiger partial charge is 0.220 e. The minimum Gasteiger partial charge on any atom is -1.00 e. The quantitative estimate of drug-likeness (QED) is 0.223. The summed E-state index contributed by atoms with van der Waals surface area (Å²) in [5, 5.41) is 2.76. The number of nitrogens with zero attached hydrogens (tertiary/aromatic N) is 2. The number of carbonyl (C=O) groups is 1. The number of fused-ring (bicyclic) bond motifs is 2. The van der Waals surface area contributed by atoms with Crippen molar-refractivity contribution >= 4 is 23.0 Å². The Morgan fingerprint density at radius 2 is 1.69 bits per heavy atom. The van der Waals surface area contributed by atoms with Crippen LogP contribution in [0.25, 0.3) is 0 Å². The molecule has 2 aliphatic heterocycles. The highest BCUT2D eigenvalue weighted by atomic mass is 35.5. The third-order valence-corrected chi connectivity index (χ3v) is 9.63. The molecule has 0 saturated carbocycles. The molecule has 2 aromatic rings. The summed E-state index contributed by atoms with van der Waals surface area (Å²) < 4.78 is 2.35.